The summed E-state index contributed by atoms with van der Waals surface area (Å²) in [5.41, 5.74) is 3.26. The van der Waals surface area contributed by atoms with Gasteiger partial charge in [0.1, 0.15) is 0 Å². The standard InChI is InChI=1S/C7H19N3/c1-4-10(3)9-7-5-6-8-2/h8-9H,4-7H2,1-3H3. The molecule has 0 radical (unpaired) electrons. The normalized spacial score (nSPS) is 10.8. The van der Waals surface area contributed by atoms with Gasteiger partial charge in [0.05, 0.1) is 0 Å². The van der Waals surface area contributed by atoms with Gasteiger partial charge in [0.2, 0.25) is 0 Å². The number of rotatable bonds is 6. The summed E-state index contributed by atoms with van der Waals surface area (Å²) in [7, 11) is 4.03. The van der Waals surface area contributed by atoms with Gasteiger partial charge in [-0.25, -0.2) is 5.01 Å². The lowest BCUT2D eigenvalue weighted by molar-refractivity contribution is 0.247. The van der Waals surface area contributed by atoms with Gasteiger partial charge >= 0.3 is 0 Å². The van der Waals surface area contributed by atoms with Crippen molar-refractivity contribution in [3.63, 3.8) is 0 Å². The molecule has 0 atom stereocenters. The van der Waals surface area contributed by atoms with Crippen LogP contribution in [-0.2, 0) is 0 Å². The molecule has 0 rings (SSSR count). The van der Waals surface area contributed by atoms with Gasteiger partial charge < -0.3 is 5.32 Å². The van der Waals surface area contributed by atoms with Crippen molar-refractivity contribution >= 4 is 0 Å². The van der Waals surface area contributed by atoms with Crippen molar-refractivity contribution in [2.75, 3.05) is 33.7 Å². The molecule has 0 saturated carbocycles. The summed E-state index contributed by atoms with van der Waals surface area (Å²) >= 11 is 0. The van der Waals surface area contributed by atoms with Gasteiger partial charge in [-0.05, 0) is 20.0 Å². The number of nitrogens with zero attached hydrogens (tertiary/aromatic N) is 1. The zero-order valence-electron chi connectivity index (χ0n) is 7.28. The molecular weight excluding hydrogens is 126 g/mol. The zero-order valence-corrected chi connectivity index (χ0v) is 7.28. The molecular formula is C7H19N3. The van der Waals surface area contributed by atoms with E-state index in [1.807, 2.05) is 7.05 Å². The second-order valence-corrected chi connectivity index (χ2v) is 2.38. The first kappa shape index (κ1) is 9.88. The van der Waals surface area contributed by atoms with E-state index in [9.17, 15) is 0 Å². The molecule has 2 N–H and O–H groups in total. The van der Waals surface area contributed by atoms with Crippen molar-refractivity contribution in [2.24, 2.45) is 0 Å². The van der Waals surface area contributed by atoms with Gasteiger partial charge in [0.25, 0.3) is 0 Å². The van der Waals surface area contributed by atoms with Gasteiger partial charge in [-0.1, -0.05) is 6.92 Å². The summed E-state index contributed by atoms with van der Waals surface area (Å²) in [5, 5.41) is 5.19. The Kier molecular flexibility index (Phi) is 6.91. The number of nitrogens with one attached hydrogen (secondary N) is 2. The predicted molar refractivity (Wildman–Crippen MR) is 44.9 cm³/mol. The lowest BCUT2D eigenvalue weighted by Crippen LogP contribution is -2.35. The molecule has 0 spiro atoms. The molecule has 3 heteroatoms. The maximum Gasteiger partial charge on any atom is 0.0114 e. The highest BCUT2D eigenvalue weighted by Gasteiger charge is 1.89. The summed E-state index contributed by atoms with van der Waals surface area (Å²) in [4.78, 5) is 0. The van der Waals surface area contributed by atoms with E-state index < -0.39 is 0 Å². The van der Waals surface area contributed by atoms with Crippen molar-refractivity contribution in [2.45, 2.75) is 13.3 Å². The molecule has 0 aliphatic heterocycles. The largest absolute Gasteiger partial charge is 0.320 e. The van der Waals surface area contributed by atoms with Crippen LogP contribution in [0.1, 0.15) is 13.3 Å². The maximum atomic E-state index is 3.26. The topological polar surface area (TPSA) is 27.3 Å². The molecule has 0 saturated heterocycles. The van der Waals surface area contributed by atoms with E-state index >= 15 is 0 Å². The van der Waals surface area contributed by atoms with Crippen LogP contribution in [0.2, 0.25) is 0 Å². The van der Waals surface area contributed by atoms with Crippen molar-refractivity contribution in [3.8, 4) is 0 Å². The Morgan fingerprint density at radius 1 is 1.30 bits per heavy atom. The van der Waals surface area contributed by atoms with Crippen LogP contribution < -0.4 is 10.7 Å². The number of hydrogen-bond acceptors (Lipinski definition) is 3. The fourth-order valence-electron chi connectivity index (χ4n) is 0.647. The molecule has 0 aliphatic rings. The third kappa shape index (κ3) is 6.01. The first-order valence-corrected chi connectivity index (χ1v) is 3.90. The molecule has 0 aromatic carbocycles. The van der Waals surface area contributed by atoms with Crippen molar-refractivity contribution in [1.29, 1.82) is 0 Å². The number of hydrazine groups is 1. The highest BCUT2D eigenvalue weighted by Crippen LogP contribution is 1.75. The third-order valence-corrected chi connectivity index (χ3v) is 1.46. The van der Waals surface area contributed by atoms with Crippen LogP contribution in [0.5, 0.6) is 0 Å². The van der Waals surface area contributed by atoms with Crippen molar-refractivity contribution in [3.05, 3.63) is 0 Å². The minimum Gasteiger partial charge on any atom is -0.320 e. The van der Waals surface area contributed by atoms with Gasteiger partial charge in [-0.3, -0.25) is 5.43 Å². The molecule has 0 aliphatic carbocycles. The smallest absolute Gasteiger partial charge is 0.0114 e. The molecule has 0 bridgehead atoms. The van der Waals surface area contributed by atoms with Crippen LogP contribution in [0.15, 0.2) is 0 Å². The van der Waals surface area contributed by atoms with Gasteiger partial charge in [-0.2, -0.15) is 0 Å². The van der Waals surface area contributed by atoms with E-state index in [-0.39, 0.29) is 0 Å². The van der Waals surface area contributed by atoms with E-state index in [4.69, 9.17) is 0 Å². The van der Waals surface area contributed by atoms with E-state index in [2.05, 4.69) is 29.7 Å². The van der Waals surface area contributed by atoms with Crippen LogP contribution in [-0.4, -0.2) is 38.7 Å². The first-order valence-electron chi connectivity index (χ1n) is 3.90. The first-order chi connectivity index (χ1) is 4.81. The second kappa shape index (κ2) is 6.99. The van der Waals surface area contributed by atoms with Crippen LogP contribution in [0, 0.1) is 0 Å². The fraction of sp³-hybridized carbons (Fsp3) is 1.00. The molecule has 0 fully saturated rings. The lowest BCUT2D eigenvalue weighted by atomic mass is 10.4. The second-order valence-electron chi connectivity index (χ2n) is 2.38. The molecule has 62 valence electrons. The van der Waals surface area contributed by atoms with E-state index in [1.165, 1.54) is 6.42 Å². The van der Waals surface area contributed by atoms with Crippen LogP contribution in [0.3, 0.4) is 0 Å². The van der Waals surface area contributed by atoms with Gasteiger partial charge in [0, 0.05) is 20.1 Å². The monoisotopic (exact) mass is 145 g/mol. The Labute approximate surface area is 63.8 Å². The van der Waals surface area contributed by atoms with E-state index in [0.29, 0.717) is 0 Å². The molecule has 10 heavy (non-hydrogen) atoms. The summed E-state index contributed by atoms with van der Waals surface area (Å²) in [6.07, 6.45) is 1.18. The summed E-state index contributed by atoms with van der Waals surface area (Å²) in [6.45, 7) is 5.33. The maximum absolute atomic E-state index is 3.26. The third-order valence-electron chi connectivity index (χ3n) is 1.46. The van der Waals surface area contributed by atoms with Crippen LogP contribution in [0.25, 0.3) is 0 Å². The fourth-order valence-corrected chi connectivity index (χ4v) is 0.647. The van der Waals surface area contributed by atoms with Gasteiger partial charge in [0.15, 0.2) is 0 Å². The van der Waals surface area contributed by atoms with Crippen LogP contribution >= 0.6 is 0 Å². The minimum atomic E-state index is 1.06. The Hall–Kier alpha value is -0.120. The SMILES string of the molecule is CCN(C)NCCCNC. The Morgan fingerprint density at radius 2 is 2.00 bits per heavy atom. The Morgan fingerprint density at radius 3 is 2.50 bits per heavy atom. The molecule has 0 heterocycles. The average Bonchev–Trinajstić information content (AvgIpc) is 1.98. The minimum absolute atomic E-state index is 1.06. The Balaban J connectivity index is 2.89. The Bertz CT molecular complexity index is 65.9. The zero-order chi connectivity index (χ0) is 7.82. The number of hydrogen-bond donors (Lipinski definition) is 2. The van der Waals surface area contributed by atoms with E-state index in [0.717, 1.165) is 19.6 Å². The lowest BCUT2D eigenvalue weighted by Gasteiger charge is -2.14. The van der Waals surface area contributed by atoms with Crippen molar-refractivity contribution in [1.82, 2.24) is 15.8 Å². The molecule has 0 aromatic rings. The molecule has 3 nitrogen and oxygen atoms in total. The molecule has 0 amide bonds. The molecule has 0 unspecified atom stereocenters. The average molecular weight is 145 g/mol. The van der Waals surface area contributed by atoms with Gasteiger partial charge in [-0.15, -0.1) is 0 Å². The summed E-state index contributed by atoms with van der Waals surface area (Å²) in [5.74, 6) is 0. The van der Waals surface area contributed by atoms with Crippen LogP contribution in [0.4, 0.5) is 0 Å². The summed E-state index contributed by atoms with van der Waals surface area (Å²) < 4.78 is 0. The quantitative estimate of drug-likeness (QED) is 0.408. The molecule has 0 aromatic heterocycles. The highest BCUT2D eigenvalue weighted by molar-refractivity contribution is 4.45. The highest BCUT2D eigenvalue weighted by atomic mass is 15.5. The van der Waals surface area contributed by atoms with Crippen molar-refractivity contribution < 1.29 is 0 Å². The van der Waals surface area contributed by atoms with E-state index in [1.54, 1.807) is 0 Å². The summed E-state index contributed by atoms with van der Waals surface area (Å²) in [6, 6.07) is 0. The predicted octanol–water partition coefficient (Wildman–Crippen LogP) is 0.0522.